The Morgan fingerprint density at radius 1 is 1.32 bits per heavy atom. The first kappa shape index (κ1) is 14.5. The first-order valence-electron chi connectivity index (χ1n) is 7.46. The molecule has 3 heterocycles. The van der Waals surface area contributed by atoms with E-state index in [1.54, 1.807) is 30.3 Å². The molecule has 2 aromatic rings. The zero-order chi connectivity index (χ0) is 15.5. The van der Waals surface area contributed by atoms with Crippen LogP contribution in [0.1, 0.15) is 29.0 Å². The number of piperidine rings is 1. The lowest BCUT2D eigenvalue weighted by Gasteiger charge is -2.32. The van der Waals surface area contributed by atoms with Crippen molar-refractivity contribution < 1.29 is 4.79 Å². The Morgan fingerprint density at radius 3 is 2.68 bits per heavy atom. The van der Waals surface area contributed by atoms with Crippen molar-refractivity contribution in [3.63, 3.8) is 0 Å². The quantitative estimate of drug-likeness (QED) is 0.912. The molecule has 0 unspecified atom stereocenters. The van der Waals surface area contributed by atoms with Crippen LogP contribution in [0, 0.1) is 6.92 Å². The number of carbonyl (C=O) groups excluding carboxylic acids is 1. The predicted octanol–water partition coefficient (Wildman–Crippen LogP) is 0.917. The lowest BCUT2D eigenvalue weighted by atomic mass is 10.0. The zero-order valence-electron chi connectivity index (χ0n) is 12.9. The van der Waals surface area contributed by atoms with Crippen molar-refractivity contribution in [2.75, 3.05) is 18.0 Å². The number of carbonyl (C=O) groups is 1. The fraction of sp³-hybridized carbons (Fsp3) is 0.467. The number of anilines is 1. The van der Waals surface area contributed by atoms with Crippen molar-refractivity contribution >= 4 is 11.7 Å². The number of hydrogen-bond acceptors (Lipinski definition) is 5. The van der Waals surface area contributed by atoms with Crippen molar-refractivity contribution in [1.29, 1.82) is 0 Å². The van der Waals surface area contributed by atoms with Crippen LogP contribution < -0.4 is 10.2 Å². The van der Waals surface area contributed by atoms with Crippen LogP contribution >= 0.6 is 0 Å². The van der Waals surface area contributed by atoms with Crippen LogP contribution in [0.15, 0.2) is 24.7 Å². The number of aromatic nitrogens is 4. The molecule has 1 aliphatic heterocycles. The SMILES string of the molecule is Cc1cc(C(=O)NC2CCN(c3cnccn3)CC2)n(C)n1. The Kier molecular flexibility index (Phi) is 4.04. The summed E-state index contributed by atoms with van der Waals surface area (Å²) in [5.41, 5.74) is 1.46. The third-order valence-corrected chi connectivity index (χ3v) is 3.94. The second-order valence-electron chi connectivity index (χ2n) is 5.59. The minimum Gasteiger partial charge on any atom is -0.355 e. The minimum absolute atomic E-state index is 0.0546. The molecule has 7 nitrogen and oxygen atoms in total. The fourth-order valence-electron chi connectivity index (χ4n) is 2.79. The molecule has 1 amide bonds. The molecule has 1 saturated heterocycles. The normalized spacial score (nSPS) is 15.8. The number of amides is 1. The highest BCUT2D eigenvalue weighted by Gasteiger charge is 2.23. The van der Waals surface area contributed by atoms with Gasteiger partial charge in [-0.25, -0.2) is 4.98 Å². The largest absolute Gasteiger partial charge is 0.355 e. The second kappa shape index (κ2) is 6.13. The molecule has 116 valence electrons. The maximum Gasteiger partial charge on any atom is 0.269 e. The van der Waals surface area contributed by atoms with E-state index in [1.807, 2.05) is 13.0 Å². The number of nitrogens with one attached hydrogen (secondary N) is 1. The van der Waals surface area contributed by atoms with Gasteiger partial charge < -0.3 is 10.2 Å². The Bertz CT molecular complexity index is 645. The molecular weight excluding hydrogens is 280 g/mol. The van der Waals surface area contributed by atoms with Gasteiger partial charge in [0.05, 0.1) is 11.9 Å². The topological polar surface area (TPSA) is 75.9 Å². The van der Waals surface area contributed by atoms with Crippen molar-refractivity contribution in [2.45, 2.75) is 25.8 Å². The van der Waals surface area contributed by atoms with Crippen LogP contribution in [0.2, 0.25) is 0 Å². The summed E-state index contributed by atoms with van der Waals surface area (Å²) in [5, 5.41) is 7.31. The lowest BCUT2D eigenvalue weighted by Crippen LogP contribution is -2.45. The molecule has 1 aliphatic rings. The maximum absolute atomic E-state index is 12.3. The van der Waals surface area contributed by atoms with Gasteiger partial charge in [-0.3, -0.25) is 14.5 Å². The maximum atomic E-state index is 12.3. The van der Waals surface area contributed by atoms with E-state index in [0.717, 1.165) is 37.4 Å². The Morgan fingerprint density at radius 2 is 2.09 bits per heavy atom. The minimum atomic E-state index is -0.0546. The number of rotatable bonds is 3. The monoisotopic (exact) mass is 300 g/mol. The first-order chi connectivity index (χ1) is 10.6. The summed E-state index contributed by atoms with van der Waals surface area (Å²) in [7, 11) is 1.79. The van der Waals surface area contributed by atoms with E-state index in [1.165, 1.54) is 0 Å². The fourth-order valence-corrected chi connectivity index (χ4v) is 2.79. The molecule has 0 bridgehead atoms. The molecule has 22 heavy (non-hydrogen) atoms. The van der Waals surface area contributed by atoms with Gasteiger partial charge in [0.25, 0.3) is 5.91 Å². The molecule has 1 fully saturated rings. The lowest BCUT2D eigenvalue weighted by molar-refractivity contribution is 0.0921. The molecule has 1 N–H and O–H groups in total. The van der Waals surface area contributed by atoms with Gasteiger partial charge in [-0.15, -0.1) is 0 Å². The first-order valence-corrected chi connectivity index (χ1v) is 7.46. The van der Waals surface area contributed by atoms with E-state index >= 15 is 0 Å². The van der Waals surface area contributed by atoms with E-state index in [0.29, 0.717) is 5.69 Å². The van der Waals surface area contributed by atoms with Crippen LogP contribution in [0.5, 0.6) is 0 Å². The summed E-state index contributed by atoms with van der Waals surface area (Å²) >= 11 is 0. The summed E-state index contributed by atoms with van der Waals surface area (Å²) in [4.78, 5) is 22.9. The van der Waals surface area contributed by atoms with Crippen molar-refractivity contribution in [2.24, 2.45) is 7.05 Å². The molecule has 0 atom stereocenters. The third-order valence-electron chi connectivity index (χ3n) is 3.94. The number of hydrogen-bond donors (Lipinski definition) is 1. The molecule has 0 aliphatic carbocycles. The van der Waals surface area contributed by atoms with E-state index in [9.17, 15) is 4.79 Å². The Labute approximate surface area is 129 Å². The van der Waals surface area contributed by atoms with Gasteiger partial charge in [0.1, 0.15) is 11.5 Å². The van der Waals surface area contributed by atoms with Gasteiger partial charge in [-0.1, -0.05) is 0 Å². The van der Waals surface area contributed by atoms with Gasteiger partial charge in [0.15, 0.2) is 0 Å². The van der Waals surface area contributed by atoms with E-state index in [2.05, 4.69) is 25.3 Å². The zero-order valence-corrected chi connectivity index (χ0v) is 12.9. The Balaban J connectivity index is 1.56. The van der Waals surface area contributed by atoms with Crippen LogP contribution in [0.4, 0.5) is 5.82 Å². The van der Waals surface area contributed by atoms with Gasteiger partial charge in [0.2, 0.25) is 0 Å². The van der Waals surface area contributed by atoms with Crippen LogP contribution in [-0.2, 0) is 7.05 Å². The number of nitrogens with zero attached hydrogens (tertiary/aromatic N) is 5. The van der Waals surface area contributed by atoms with Crippen LogP contribution in [0.25, 0.3) is 0 Å². The summed E-state index contributed by atoms with van der Waals surface area (Å²) in [6.45, 7) is 3.62. The molecule has 2 aromatic heterocycles. The van der Waals surface area contributed by atoms with Crippen molar-refractivity contribution in [3.05, 3.63) is 36.0 Å². The Hall–Kier alpha value is -2.44. The molecule has 0 saturated carbocycles. The summed E-state index contributed by atoms with van der Waals surface area (Å²) in [6, 6.07) is 2.00. The van der Waals surface area contributed by atoms with Crippen LogP contribution in [0.3, 0.4) is 0 Å². The molecular formula is C15H20N6O. The summed E-state index contributed by atoms with van der Waals surface area (Å²) in [5.74, 6) is 0.843. The highest BCUT2D eigenvalue weighted by atomic mass is 16.2. The average molecular weight is 300 g/mol. The van der Waals surface area contributed by atoms with Crippen molar-refractivity contribution in [1.82, 2.24) is 25.1 Å². The van der Waals surface area contributed by atoms with Gasteiger partial charge in [-0.05, 0) is 25.8 Å². The molecule has 7 heteroatoms. The van der Waals surface area contributed by atoms with Gasteiger partial charge in [-0.2, -0.15) is 5.10 Å². The summed E-state index contributed by atoms with van der Waals surface area (Å²) < 4.78 is 1.62. The van der Waals surface area contributed by atoms with E-state index in [4.69, 9.17) is 0 Å². The molecule has 0 radical (unpaired) electrons. The van der Waals surface area contributed by atoms with Gasteiger partial charge >= 0.3 is 0 Å². The highest BCUT2D eigenvalue weighted by molar-refractivity contribution is 5.92. The number of aryl methyl sites for hydroxylation is 2. The summed E-state index contributed by atoms with van der Waals surface area (Å²) in [6.07, 6.45) is 6.95. The third kappa shape index (κ3) is 3.08. The van der Waals surface area contributed by atoms with E-state index in [-0.39, 0.29) is 11.9 Å². The van der Waals surface area contributed by atoms with Crippen molar-refractivity contribution in [3.8, 4) is 0 Å². The van der Waals surface area contributed by atoms with Crippen LogP contribution in [-0.4, -0.2) is 44.8 Å². The second-order valence-corrected chi connectivity index (χ2v) is 5.59. The average Bonchev–Trinajstić information content (AvgIpc) is 2.88. The highest BCUT2D eigenvalue weighted by Crippen LogP contribution is 2.17. The van der Waals surface area contributed by atoms with Gasteiger partial charge in [0, 0.05) is 38.6 Å². The standard InChI is InChI=1S/C15H20N6O/c1-11-9-13(20(2)19-11)15(22)18-12-3-7-21(8-4-12)14-10-16-5-6-17-14/h5-6,9-10,12H,3-4,7-8H2,1-2H3,(H,18,22). The molecule has 0 spiro atoms. The predicted molar refractivity (Wildman–Crippen MR) is 82.7 cm³/mol. The smallest absolute Gasteiger partial charge is 0.269 e. The molecule has 3 rings (SSSR count). The molecule has 0 aromatic carbocycles. The van der Waals surface area contributed by atoms with E-state index < -0.39 is 0 Å².